The average molecular weight is 470 g/mol. The molecule has 0 unspecified atom stereocenters. The van der Waals surface area contributed by atoms with Crippen LogP contribution < -0.4 is 0 Å². The molecule has 6 atom stereocenters. The molecule has 1 aliphatic heterocycles. The highest BCUT2D eigenvalue weighted by Crippen LogP contribution is 2.65. The van der Waals surface area contributed by atoms with Crippen molar-refractivity contribution >= 4 is 40.5 Å². The van der Waals surface area contributed by atoms with Crippen LogP contribution in [0.15, 0.2) is 65.8 Å². The van der Waals surface area contributed by atoms with Crippen LogP contribution in [0.2, 0.25) is 5.02 Å². The van der Waals surface area contributed by atoms with Gasteiger partial charge >= 0.3 is 0 Å². The number of amides is 2. The molecular weight excluding hydrogens is 446 g/mol. The fraction of sp³-hybridized carbons (Fsp3) is 0.321. The fourth-order valence-corrected chi connectivity index (χ4v) is 6.99. The Morgan fingerprint density at radius 3 is 2.32 bits per heavy atom. The van der Waals surface area contributed by atoms with E-state index in [1.807, 2.05) is 43.3 Å². The van der Waals surface area contributed by atoms with Gasteiger partial charge in [-0.25, -0.2) is 0 Å². The lowest BCUT2D eigenvalue weighted by molar-refractivity contribution is -0.140. The summed E-state index contributed by atoms with van der Waals surface area (Å²) in [6.45, 7) is 2.67. The maximum Gasteiger partial charge on any atom is 0.254 e. The van der Waals surface area contributed by atoms with Gasteiger partial charge in [0, 0.05) is 33.7 Å². The van der Waals surface area contributed by atoms with Gasteiger partial charge in [-0.2, -0.15) is 10.1 Å². The molecule has 6 heteroatoms. The number of hydrogen-bond acceptors (Lipinski definition) is 3. The Kier molecular flexibility index (Phi) is 4.26. The fourth-order valence-electron chi connectivity index (χ4n) is 6.79. The van der Waals surface area contributed by atoms with Crippen LogP contribution in [0.4, 0.5) is 0 Å². The number of carbonyl (C=O) groups is 2. The molecule has 8 rings (SSSR count). The molecule has 3 fully saturated rings. The lowest BCUT2D eigenvalue weighted by Crippen LogP contribution is -2.40. The molecule has 2 bridgehead atoms. The molecule has 5 aliphatic rings. The Bertz CT molecular complexity index is 1400. The zero-order valence-electron chi connectivity index (χ0n) is 18.8. The predicted octanol–water partition coefficient (Wildman–Crippen LogP) is 5.04. The number of rotatable bonds is 4. The second kappa shape index (κ2) is 7.16. The number of fused-ring (bicyclic) bond motifs is 1. The Balaban J connectivity index is 1.25. The van der Waals surface area contributed by atoms with Crippen LogP contribution >= 0.6 is 11.6 Å². The molecular formula is C28H24ClN3O2. The number of nitrogens with zero attached hydrogens (tertiary/aromatic N) is 3. The molecule has 0 spiro atoms. The van der Waals surface area contributed by atoms with Gasteiger partial charge in [-0.15, -0.1) is 0 Å². The number of aromatic nitrogens is 1. The lowest BCUT2D eigenvalue weighted by Gasteiger charge is -2.37. The number of hydrazone groups is 1. The zero-order chi connectivity index (χ0) is 23.1. The molecule has 3 aromatic rings. The maximum atomic E-state index is 13.3. The first-order valence-electron chi connectivity index (χ1n) is 12.0. The molecule has 2 saturated carbocycles. The topological polar surface area (TPSA) is 54.7 Å². The molecule has 34 heavy (non-hydrogen) atoms. The summed E-state index contributed by atoms with van der Waals surface area (Å²) in [5, 5.41) is 7.43. The van der Waals surface area contributed by atoms with E-state index in [1.54, 1.807) is 6.21 Å². The minimum absolute atomic E-state index is 0.131. The van der Waals surface area contributed by atoms with Gasteiger partial charge in [-0.1, -0.05) is 60.2 Å². The lowest BCUT2D eigenvalue weighted by atomic mass is 9.63. The molecule has 2 aromatic carbocycles. The smallest absolute Gasteiger partial charge is 0.254 e. The van der Waals surface area contributed by atoms with Crippen LogP contribution in [0, 0.1) is 42.4 Å². The molecule has 170 valence electrons. The van der Waals surface area contributed by atoms with Crippen LogP contribution in [-0.2, 0) is 16.1 Å². The zero-order valence-corrected chi connectivity index (χ0v) is 19.5. The van der Waals surface area contributed by atoms with Gasteiger partial charge < -0.3 is 4.57 Å². The highest BCUT2D eigenvalue weighted by atomic mass is 35.5. The number of para-hydroxylation sites is 1. The van der Waals surface area contributed by atoms with Crippen LogP contribution in [0.3, 0.4) is 0 Å². The Hall–Kier alpha value is -3.18. The number of allylic oxidation sites excluding steroid dienone is 2. The molecule has 2 heterocycles. The van der Waals surface area contributed by atoms with E-state index in [0.29, 0.717) is 18.4 Å². The molecule has 0 radical (unpaired) electrons. The largest absolute Gasteiger partial charge is 0.340 e. The van der Waals surface area contributed by atoms with E-state index >= 15 is 0 Å². The molecule has 5 nitrogen and oxygen atoms in total. The summed E-state index contributed by atoms with van der Waals surface area (Å²) in [7, 11) is 0. The number of imide groups is 1. The summed E-state index contributed by atoms with van der Waals surface area (Å²) in [6.07, 6.45) is 7.23. The van der Waals surface area contributed by atoms with E-state index in [-0.39, 0.29) is 35.5 Å². The standard InChI is InChI=1S/C28H24ClN3O2/c1-15-22(17-7-3-5-9-24(17)31(15)14-16-6-2-4-8-23(16)29)13-30-32-27(33)25-18-10-11-19(21-12-20(18)21)26(25)28(32)34/h2-11,13,18-21,25-26H,12,14H2,1H3/b30-13-/t18-,19-,20-,21+,25-,26+/m0/s1. The van der Waals surface area contributed by atoms with Gasteiger partial charge in [0.1, 0.15) is 0 Å². The van der Waals surface area contributed by atoms with Gasteiger partial charge in [-0.05, 0) is 54.7 Å². The summed E-state index contributed by atoms with van der Waals surface area (Å²) in [4.78, 5) is 26.6. The highest BCUT2D eigenvalue weighted by molar-refractivity contribution is 6.31. The average Bonchev–Trinajstić information content (AvgIpc) is 3.59. The second-order valence-electron chi connectivity index (χ2n) is 10.1. The minimum atomic E-state index is -0.230. The van der Waals surface area contributed by atoms with Crippen LogP contribution in [0.5, 0.6) is 0 Å². The third-order valence-electron chi connectivity index (χ3n) is 8.51. The van der Waals surface area contributed by atoms with E-state index in [4.69, 9.17) is 11.6 Å². The normalized spacial score (nSPS) is 31.1. The van der Waals surface area contributed by atoms with Gasteiger partial charge in [0.2, 0.25) is 0 Å². The minimum Gasteiger partial charge on any atom is -0.340 e. The molecule has 1 saturated heterocycles. The van der Waals surface area contributed by atoms with Gasteiger partial charge in [0.05, 0.1) is 18.1 Å². The molecule has 1 aromatic heterocycles. The number of hydrogen-bond donors (Lipinski definition) is 0. The quantitative estimate of drug-likeness (QED) is 0.305. The van der Waals surface area contributed by atoms with Crippen LogP contribution in [0.25, 0.3) is 10.9 Å². The predicted molar refractivity (Wildman–Crippen MR) is 131 cm³/mol. The van der Waals surface area contributed by atoms with Gasteiger partial charge in [0.15, 0.2) is 0 Å². The summed E-state index contributed by atoms with van der Waals surface area (Å²) < 4.78 is 2.21. The van der Waals surface area contributed by atoms with Crippen molar-refractivity contribution in [2.75, 3.05) is 0 Å². The third kappa shape index (κ3) is 2.70. The van der Waals surface area contributed by atoms with Crippen molar-refractivity contribution in [3.63, 3.8) is 0 Å². The van der Waals surface area contributed by atoms with Crippen molar-refractivity contribution in [2.45, 2.75) is 19.9 Å². The van der Waals surface area contributed by atoms with E-state index in [0.717, 1.165) is 44.2 Å². The van der Waals surface area contributed by atoms with Crippen molar-refractivity contribution in [3.8, 4) is 0 Å². The van der Waals surface area contributed by atoms with E-state index < -0.39 is 0 Å². The van der Waals surface area contributed by atoms with Crippen LogP contribution in [-0.4, -0.2) is 27.6 Å². The van der Waals surface area contributed by atoms with E-state index in [2.05, 4.69) is 34.0 Å². The van der Waals surface area contributed by atoms with Crippen molar-refractivity contribution in [1.82, 2.24) is 9.58 Å². The Morgan fingerprint density at radius 2 is 1.62 bits per heavy atom. The van der Waals surface area contributed by atoms with Crippen molar-refractivity contribution in [2.24, 2.45) is 40.6 Å². The first-order valence-corrected chi connectivity index (χ1v) is 12.3. The van der Waals surface area contributed by atoms with E-state index in [9.17, 15) is 9.59 Å². The van der Waals surface area contributed by atoms with Gasteiger partial charge in [0.25, 0.3) is 11.8 Å². The molecule has 2 amide bonds. The number of halogens is 1. The first-order chi connectivity index (χ1) is 16.5. The Labute approximate surface area is 202 Å². The highest BCUT2D eigenvalue weighted by Gasteiger charge is 2.67. The van der Waals surface area contributed by atoms with Gasteiger partial charge in [-0.3, -0.25) is 9.59 Å². The van der Waals surface area contributed by atoms with Crippen LogP contribution in [0.1, 0.15) is 23.2 Å². The molecule has 4 aliphatic carbocycles. The van der Waals surface area contributed by atoms with Crippen molar-refractivity contribution in [3.05, 3.63) is 82.5 Å². The Morgan fingerprint density at radius 1 is 0.971 bits per heavy atom. The first kappa shape index (κ1) is 20.2. The summed E-state index contributed by atoms with van der Waals surface area (Å²) in [6, 6.07) is 16.0. The van der Waals surface area contributed by atoms with Crippen molar-refractivity contribution in [1.29, 1.82) is 0 Å². The maximum absolute atomic E-state index is 13.3. The SMILES string of the molecule is Cc1c(/C=N\N2C(=O)[C@@H]3[C@H]4C=C[C@@H]([C@@H]5C[C@H]45)[C@@H]3C2=O)c2ccccc2n1Cc1ccccc1Cl. The second-order valence-corrected chi connectivity index (χ2v) is 10.5. The van der Waals surface area contributed by atoms with Crippen molar-refractivity contribution < 1.29 is 9.59 Å². The summed E-state index contributed by atoms with van der Waals surface area (Å²) in [5.74, 6) is 0.856. The summed E-state index contributed by atoms with van der Waals surface area (Å²) in [5.41, 5.74) is 4.04. The molecule has 0 N–H and O–H groups in total. The monoisotopic (exact) mass is 469 g/mol. The number of benzene rings is 2. The third-order valence-corrected chi connectivity index (χ3v) is 8.88. The summed E-state index contributed by atoms with van der Waals surface area (Å²) >= 11 is 6.44. The van der Waals surface area contributed by atoms with E-state index in [1.165, 1.54) is 0 Å². The number of carbonyl (C=O) groups excluding carboxylic acids is 2.